The van der Waals surface area contributed by atoms with Crippen LogP contribution in [0.2, 0.25) is 0 Å². The summed E-state index contributed by atoms with van der Waals surface area (Å²) in [6.07, 6.45) is 7.88. The van der Waals surface area contributed by atoms with Crippen molar-refractivity contribution in [3.63, 3.8) is 0 Å². The first-order valence-corrected chi connectivity index (χ1v) is 12.6. The van der Waals surface area contributed by atoms with E-state index in [0.717, 1.165) is 31.4 Å². The van der Waals surface area contributed by atoms with Gasteiger partial charge in [-0.15, -0.1) is 0 Å². The normalized spacial score (nSPS) is 15.6. The quantitative estimate of drug-likeness (QED) is 0.609. The van der Waals surface area contributed by atoms with Gasteiger partial charge in [-0.3, -0.25) is 4.31 Å². The second kappa shape index (κ2) is 9.35. The molecule has 30 heavy (non-hydrogen) atoms. The van der Waals surface area contributed by atoms with Crippen molar-refractivity contribution in [1.29, 1.82) is 0 Å². The van der Waals surface area contributed by atoms with E-state index in [4.69, 9.17) is 12.2 Å². The molecule has 5 nitrogen and oxygen atoms in total. The summed E-state index contributed by atoms with van der Waals surface area (Å²) in [4.78, 5) is 0. The predicted molar refractivity (Wildman–Crippen MR) is 130 cm³/mol. The van der Waals surface area contributed by atoms with Gasteiger partial charge >= 0.3 is 0 Å². The fourth-order valence-corrected chi connectivity index (χ4v) is 4.95. The van der Waals surface area contributed by atoms with Crippen LogP contribution in [0, 0.1) is 6.92 Å². The third kappa shape index (κ3) is 5.95. The Kier molecular flexibility index (Phi) is 7.03. The molecule has 0 heterocycles. The van der Waals surface area contributed by atoms with Crippen molar-refractivity contribution in [2.75, 3.05) is 22.9 Å². The van der Waals surface area contributed by atoms with Crippen LogP contribution in [-0.4, -0.2) is 32.4 Å². The van der Waals surface area contributed by atoms with E-state index in [1.54, 1.807) is 19.2 Å². The number of hydrogen-bond acceptors (Lipinski definition) is 3. The number of nitrogens with zero attached hydrogens (tertiary/aromatic N) is 1. The lowest BCUT2D eigenvalue weighted by Gasteiger charge is -2.32. The summed E-state index contributed by atoms with van der Waals surface area (Å²) >= 11 is 5.62. The van der Waals surface area contributed by atoms with Crippen LogP contribution in [0.5, 0.6) is 0 Å². The van der Waals surface area contributed by atoms with Gasteiger partial charge in [0.1, 0.15) is 0 Å². The molecule has 2 aromatic carbocycles. The van der Waals surface area contributed by atoms with E-state index >= 15 is 0 Å². The number of thiocarbonyl (C=S) groups is 1. The molecule has 2 aromatic rings. The molecule has 1 fully saturated rings. The highest BCUT2D eigenvalue weighted by Gasteiger charge is 2.34. The first-order valence-electron chi connectivity index (χ1n) is 10.4. The molecule has 0 spiro atoms. The SMILES string of the molecule is Cc1cccc(CCC2(NC(=S)Nc3cccc(N(C)S(C)(=O)=O)c3)CCCC2)c1. The van der Waals surface area contributed by atoms with Gasteiger partial charge in [0.25, 0.3) is 0 Å². The molecular formula is C23H31N3O2S2. The molecule has 0 atom stereocenters. The summed E-state index contributed by atoms with van der Waals surface area (Å²) < 4.78 is 24.9. The summed E-state index contributed by atoms with van der Waals surface area (Å²) in [6, 6.07) is 16.0. The summed E-state index contributed by atoms with van der Waals surface area (Å²) in [6.45, 7) is 2.13. The number of rotatable bonds is 7. The smallest absolute Gasteiger partial charge is 0.231 e. The summed E-state index contributed by atoms with van der Waals surface area (Å²) in [5.41, 5.74) is 4.03. The van der Waals surface area contributed by atoms with E-state index in [0.29, 0.717) is 10.8 Å². The van der Waals surface area contributed by atoms with Crippen LogP contribution in [0.15, 0.2) is 48.5 Å². The number of anilines is 2. The molecule has 3 rings (SSSR count). The molecule has 2 N–H and O–H groups in total. The van der Waals surface area contributed by atoms with E-state index in [1.807, 2.05) is 12.1 Å². The average Bonchev–Trinajstić information content (AvgIpc) is 3.14. The molecule has 1 aliphatic rings. The highest BCUT2D eigenvalue weighted by molar-refractivity contribution is 7.92. The summed E-state index contributed by atoms with van der Waals surface area (Å²) in [5.74, 6) is 0. The number of nitrogens with one attached hydrogen (secondary N) is 2. The van der Waals surface area contributed by atoms with Gasteiger partial charge in [0.15, 0.2) is 5.11 Å². The molecule has 0 bridgehead atoms. The van der Waals surface area contributed by atoms with Crippen molar-refractivity contribution in [2.24, 2.45) is 0 Å². The van der Waals surface area contributed by atoms with E-state index in [-0.39, 0.29) is 5.54 Å². The third-order valence-corrected chi connectivity index (χ3v) is 7.29. The third-order valence-electron chi connectivity index (χ3n) is 5.88. The first kappa shape index (κ1) is 22.6. The van der Waals surface area contributed by atoms with Crippen LogP contribution >= 0.6 is 12.2 Å². The molecule has 0 aliphatic heterocycles. The standard InChI is InChI=1S/C23H31N3O2S2/c1-18-8-6-9-19(16-18)12-15-23(13-4-5-14-23)25-22(29)24-20-10-7-11-21(17-20)26(2)30(3,27)28/h6-11,16-17H,4-5,12-15H2,1-3H3,(H2,24,25,29). The lowest BCUT2D eigenvalue weighted by molar-refractivity contribution is 0.362. The number of sulfonamides is 1. The fourth-order valence-electron chi connectivity index (χ4n) is 4.11. The Morgan fingerprint density at radius 1 is 1.13 bits per heavy atom. The van der Waals surface area contributed by atoms with Crippen LogP contribution in [0.25, 0.3) is 0 Å². The van der Waals surface area contributed by atoms with Gasteiger partial charge in [-0.05, 0) is 68.6 Å². The maximum absolute atomic E-state index is 11.8. The molecular weight excluding hydrogens is 414 g/mol. The van der Waals surface area contributed by atoms with E-state index < -0.39 is 10.0 Å². The Bertz CT molecular complexity index is 999. The molecule has 0 saturated heterocycles. The maximum atomic E-state index is 11.8. The van der Waals surface area contributed by atoms with Crippen LogP contribution in [-0.2, 0) is 16.4 Å². The van der Waals surface area contributed by atoms with Crippen molar-refractivity contribution in [3.05, 3.63) is 59.7 Å². The summed E-state index contributed by atoms with van der Waals surface area (Å²) in [5, 5.41) is 7.42. The maximum Gasteiger partial charge on any atom is 0.231 e. The number of hydrogen-bond donors (Lipinski definition) is 2. The number of aryl methyl sites for hydroxylation is 2. The van der Waals surface area contributed by atoms with Crippen LogP contribution < -0.4 is 14.9 Å². The molecule has 162 valence electrons. The van der Waals surface area contributed by atoms with Crippen LogP contribution in [0.3, 0.4) is 0 Å². The van der Waals surface area contributed by atoms with Crippen molar-refractivity contribution in [2.45, 2.75) is 51.0 Å². The van der Waals surface area contributed by atoms with Crippen molar-refractivity contribution >= 4 is 38.7 Å². The fraction of sp³-hybridized carbons (Fsp3) is 0.435. The first-order chi connectivity index (χ1) is 14.2. The monoisotopic (exact) mass is 445 g/mol. The van der Waals surface area contributed by atoms with Crippen molar-refractivity contribution < 1.29 is 8.42 Å². The Hall–Kier alpha value is -2.12. The van der Waals surface area contributed by atoms with Crippen molar-refractivity contribution in [1.82, 2.24) is 5.32 Å². The highest BCUT2D eigenvalue weighted by atomic mass is 32.2. The van der Waals surface area contributed by atoms with Gasteiger partial charge < -0.3 is 10.6 Å². The zero-order valence-corrected chi connectivity index (χ0v) is 19.6. The van der Waals surface area contributed by atoms with Gasteiger partial charge in [-0.25, -0.2) is 8.42 Å². The molecule has 7 heteroatoms. The molecule has 0 radical (unpaired) electrons. The van der Waals surface area contributed by atoms with Crippen LogP contribution in [0.4, 0.5) is 11.4 Å². The second-order valence-electron chi connectivity index (χ2n) is 8.34. The van der Waals surface area contributed by atoms with Gasteiger partial charge in [0.05, 0.1) is 11.9 Å². The molecule has 1 aliphatic carbocycles. The van der Waals surface area contributed by atoms with E-state index in [2.05, 4.69) is 41.8 Å². The lowest BCUT2D eigenvalue weighted by Crippen LogP contribution is -2.48. The minimum atomic E-state index is -3.31. The van der Waals surface area contributed by atoms with E-state index in [1.165, 1.54) is 34.5 Å². The van der Waals surface area contributed by atoms with Gasteiger partial charge in [-0.2, -0.15) is 0 Å². The Labute approximate surface area is 185 Å². The van der Waals surface area contributed by atoms with E-state index in [9.17, 15) is 8.42 Å². The van der Waals surface area contributed by atoms with Gasteiger partial charge in [0.2, 0.25) is 10.0 Å². The molecule has 0 amide bonds. The Balaban J connectivity index is 1.66. The minimum Gasteiger partial charge on any atom is -0.357 e. The zero-order valence-electron chi connectivity index (χ0n) is 17.9. The number of benzene rings is 2. The van der Waals surface area contributed by atoms with Crippen molar-refractivity contribution in [3.8, 4) is 0 Å². The van der Waals surface area contributed by atoms with Gasteiger partial charge in [-0.1, -0.05) is 48.7 Å². The minimum absolute atomic E-state index is 0.00892. The molecule has 0 aromatic heterocycles. The lowest BCUT2D eigenvalue weighted by atomic mass is 9.89. The second-order valence-corrected chi connectivity index (χ2v) is 10.8. The summed E-state index contributed by atoms with van der Waals surface area (Å²) in [7, 11) is -1.76. The largest absolute Gasteiger partial charge is 0.357 e. The predicted octanol–water partition coefficient (Wildman–Crippen LogP) is 4.62. The Morgan fingerprint density at radius 3 is 2.50 bits per heavy atom. The molecule has 0 unspecified atom stereocenters. The van der Waals surface area contributed by atoms with Crippen LogP contribution in [0.1, 0.15) is 43.2 Å². The molecule has 1 saturated carbocycles. The highest BCUT2D eigenvalue weighted by Crippen LogP contribution is 2.34. The topological polar surface area (TPSA) is 61.4 Å². The van der Waals surface area contributed by atoms with Gasteiger partial charge in [0, 0.05) is 18.3 Å². The Morgan fingerprint density at radius 2 is 1.83 bits per heavy atom. The zero-order chi connectivity index (χ0) is 21.8. The average molecular weight is 446 g/mol.